The van der Waals surface area contributed by atoms with Crippen molar-refractivity contribution >= 4 is 40.6 Å². The second kappa shape index (κ2) is 7.81. The Morgan fingerprint density at radius 2 is 1.64 bits per heavy atom. The maximum atomic E-state index is 12.5. The van der Waals surface area contributed by atoms with Crippen LogP contribution in [0.2, 0.25) is 5.02 Å². The fourth-order valence-electron chi connectivity index (χ4n) is 2.17. The normalized spacial score (nSPS) is 10.1. The number of ketones is 1. The van der Waals surface area contributed by atoms with Gasteiger partial charge in [-0.05, 0) is 37.3 Å². The van der Waals surface area contributed by atoms with E-state index >= 15 is 0 Å². The monoisotopic (exact) mass is 360 g/mol. The lowest BCUT2D eigenvalue weighted by Gasteiger charge is -2.13. The molecule has 2 aromatic rings. The van der Waals surface area contributed by atoms with Crippen molar-refractivity contribution in [3.05, 3.63) is 52.5 Å². The van der Waals surface area contributed by atoms with E-state index in [9.17, 15) is 14.4 Å². The first-order valence-corrected chi connectivity index (χ1v) is 7.77. The van der Waals surface area contributed by atoms with Crippen LogP contribution in [0, 0.1) is 0 Å². The Morgan fingerprint density at radius 1 is 1.00 bits per heavy atom. The molecule has 0 bridgehead atoms. The molecule has 0 radical (unpaired) electrons. The summed E-state index contributed by atoms with van der Waals surface area (Å²) in [5, 5.41) is 5.49. The molecule has 0 atom stereocenters. The molecule has 2 N–H and O–H groups in total. The summed E-state index contributed by atoms with van der Waals surface area (Å²) in [7, 11) is 1.42. The van der Waals surface area contributed by atoms with Gasteiger partial charge in [0.05, 0.1) is 23.4 Å². The van der Waals surface area contributed by atoms with Crippen molar-refractivity contribution in [2.24, 2.45) is 0 Å². The Kier molecular flexibility index (Phi) is 5.77. The van der Waals surface area contributed by atoms with Gasteiger partial charge >= 0.3 is 0 Å². The zero-order valence-corrected chi connectivity index (χ0v) is 14.7. The summed E-state index contributed by atoms with van der Waals surface area (Å²) < 4.78 is 5.22. The highest BCUT2D eigenvalue weighted by atomic mass is 35.5. The first kappa shape index (κ1) is 18.5. The molecule has 25 heavy (non-hydrogen) atoms. The van der Waals surface area contributed by atoms with Crippen molar-refractivity contribution in [1.29, 1.82) is 0 Å². The minimum absolute atomic E-state index is 0.0557. The first-order chi connectivity index (χ1) is 11.8. The second-order valence-corrected chi connectivity index (χ2v) is 5.71. The quantitative estimate of drug-likeness (QED) is 0.795. The third-order valence-corrected chi connectivity index (χ3v) is 3.71. The SMILES string of the molecule is COc1cc(NC(C)=O)c(Cl)cc1C(=O)Nc1ccc(C(C)=O)cc1. The number of carbonyl (C=O) groups is 3. The summed E-state index contributed by atoms with van der Waals surface area (Å²) in [4.78, 5) is 35.0. The molecule has 0 aliphatic carbocycles. The molecule has 0 saturated carbocycles. The van der Waals surface area contributed by atoms with Crippen LogP contribution in [-0.2, 0) is 4.79 Å². The van der Waals surface area contributed by atoms with E-state index in [1.165, 1.54) is 33.1 Å². The molecule has 0 fully saturated rings. The standard InChI is InChI=1S/C18H17ClN2O4/c1-10(22)12-4-6-13(7-5-12)21-18(24)14-8-15(19)16(20-11(2)23)9-17(14)25-3/h4-9H,1-3H3,(H,20,23)(H,21,24). The molecule has 0 unspecified atom stereocenters. The van der Waals surface area contributed by atoms with E-state index < -0.39 is 5.91 Å². The molecule has 6 nitrogen and oxygen atoms in total. The van der Waals surface area contributed by atoms with E-state index in [2.05, 4.69) is 10.6 Å². The van der Waals surface area contributed by atoms with E-state index in [0.29, 0.717) is 16.9 Å². The summed E-state index contributed by atoms with van der Waals surface area (Å²) in [5.74, 6) is -0.499. The van der Waals surface area contributed by atoms with Crippen LogP contribution < -0.4 is 15.4 Å². The van der Waals surface area contributed by atoms with Gasteiger partial charge in [0.2, 0.25) is 5.91 Å². The van der Waals surface area contributed by atoms with Crippen LogP contribution >= 0.6 is 11.6 Å². The van der Waals surface area contributed by atoms with Gasteiger partial charge in [-0.25, -0.2) is 0 Å². The Bertz CT molecular complexity index is 832. The smallest absolute Gasteiger partial charge is 0.259 e. The summed E-state index contributed by atoms with van der Waals surface area (Å²) in [6.07, 6.45) is 0. The van der Waals surface area contributed by atoms with Crippen molar-refractivity contribution in [2.75, 3.05) is 17.7 Å². The summed E-state index contributed by atoms with van der Waals surface area (Å²) in [6, 6.07) is 9.43. The van der Waals surface area contributed by atoms with E-state index in [-0.39, 0.29) is 28.0 Å². The average molecular weight is 361 g/mol. The lowest BCUT2D eigenvalue weighted by Crippen LogP contribution is -2.14. The minimum atomic E-state index is -0.427. The number of nitrogens with one attached hydrogen (secondary N) is 2. The molecule has 0 aliphatic rings. The third-order valence-electron chi connectivity index (χ3n) is 3.39. The largest absolute Gasteiger partial charge is 0.496 e. The molecular formula is C18H17ClN2O4. The van der Waals surface area contributed by atoms with Gasteiger partial charge in [-0.1, -0.05) is 11.6 Å². The van der Waals surface area contributed by atoms with Gasteiger partial charge in [0.25, 0.3) is 5.91 Å². The number of ether oxygens (including phenoxy) is 1. The maximum absolute atomic E-state index is 12.5. The highest BCUT2D eigenvalue weighted by Gasteiger charge is 2.17. The number of amides is 2. The lowest BCUT2D eigenvalue weighted by atomic mass is 10.1. The lowest BCUT2D eigenvalue weighted by molar-refractivity contribution is -0.114. The van der Waals surface area contributed by atoms with Gasteiger partial charge in [0.15, 0.2) is 5.78 Å². The third kappa shape index (κ3) is 4.58. The molecule has 0 spiro atoms. The molecular weight excluding hydrogens is 344 g/mol. The first-order valence-electron chi connectivity index (χ1n) is 7.39. The fraction of sp³-hybridized carbons (Fsp3) is 0.167. The van der Waals surface area contributed by atoms with Crippen molar-refractivity contribution in [3.63, 3.8) is 0 Å². The number of Topliss-reactive ketones (excluding diaryl/α,β-unsaturated/α-hetero) is 1. The molecule has 0 heterocycles. The van der Waals surface area contributed by atoms with Gasteiger partial charge < -0.3 is 15.4 Å². The van der Waals surface area contributed by atoms with Crippen molar-refractivity contribution in [2.45, 2.75) is 13.8 Å². The van der Waals surface area contributed by atoms with Crippen molar-refractivity contribution < 1.29 is 19.1 Å². The van der Waals surface area contributed by atoms with Crippen LogP contribution in [0.3, 0.4) is 0 Å². The number of anilines is 2. The number of rotatable bonds is 5. The Balaban J connectivity index is 2.27. The summed E-state index contributed by atoms with van der Waals surface area (Å²) >= 11 is 6.12. The van der Waals surface area contributed by atoms with Crippen LogP contribution in [0.4, 0.5) is 11.4 Å². The Hall–Kier alpha value is -2.86. The van der Waals surface area contributed by atoms with E-state index in [1.54, 1.807) is 24.3 Å². The highest BCUT2D eigenvalue weighted by molar-refractivity contribution is 6.34. The van der Waals surface area contributed by atoms with E-state index in [0.717, 1.165) is 0 Å². The Morgan fingerprint density at radius 3 is 2.16 bits per heavy atom. The summed E-state index contributed by atoms with van der Waals surface area (Å²) in [5.41, 5.74) is 1.66. The molecule has 0 saturated heterocycles. The van der Waals surface area contributed by atoms with Crippen LogP contribution in [-0.4, -0.2) is 24.7 Å². The highest BCUT2D eigenvalue weighted by Crippen LogP contribution is 2.31. The van der Waals surface area contributed by atoms with E-state index in [4.69, 9.17) is 16.3 Å². The Labute approximate surface area is 150 Å². The number of carbonyl (C=O) groups excluding carboxylic acids is 3. The van der Waals surface area contributed by atoms with Gasteiger partial charge in [0.1, 0.15) is 5.75 Å². The molecule has 7 heteroatoms. The number of methoxy groups -OCH3 is 1. The number of hydrogen-bond donors (Lipinski definition) is 2. The van der Waals surface area contributed by atoms with Gasteiger partial charge in [-0.15, -0.1) is 0 Å². The van der Waals surface area contributed by atoms with Crippen LogP contribution in [0.1, 0.15) is 34.6 Å². The second-order valence-electron chi connectivity index (χ2n) is 5.30. The van der Waals surface area contributed by atoms with Gasteiger partial charge in [-0.3, -0.25) is 14.4 Å². The van der Waals surface area contributed by atoms with Gasteiger partial charge in [-0.2, -0.15) is 0 Å². The number of benzene rings is 2. The zero-order valence-electron chi connectivity index (χ0n) is 14.0. The predicted molar refractivity (Wildman–Crippen MR) is 96.7 cm³/mol. The minimum Gasteiger partial charge on any atom is -0.496 e. The van der Waals surface area contributed by atoms with E-state index in [1.807, 2.05) is 0 Å². The average Bonchev–Trinajstić information content (AvgIpc) is 2.56. The molecule has 130 valence electrons. The van der Waals surface area contributed by atoms with Crippen LogP contribution in [0.5, 0.6) is 5.75 Å². The molecule has 0 aromatic heterocycles. The van der Waals surface area contributed by atoms with Crippen molar-refractivity contribution in [3.8, 4) is 5.75 Å². The van der Waals surface area contributed by atoms with Crippen molar-refractivity contribution in [1.82, 2.24) is 0 Å². The molecule has 0 aliphatic heterocycles. The summed E-state index contributed by atoms with van der Waals surface area (Å²) in [6.45, 7) is 2.82. The number of hydrogen-bond acceptors (Lipinski definition) is 4. The topological polar surface area (TPSA) is 84.5 Å². The fourth-order valence-corrected chi connectivity index (χ4v) is 2.38. The van der Waals surface area contributed by atoms with Crippen LogP contribution in [0.15, 0.2) is 36.4 Å². The zero-order chi connectivity index (χ0) is 18.6. The van der Waals surface area contributed by atoms with Crippen LogP contribution in [0.25, 0.3) is 0 Å². The molecule has 2 rings (SSSR count). The maximum Gasteiger partial charge on any atom is 0.259 e. The molecule has 2 amide bonds. The number of halogens is 1. The predicted octanol–water partition coefficient (Wildman–Crippen LogP) is 3.76. The van der Waals surface area contributed by atoms with Gasteiger partial charge in [0, 0.05) is 24.2 Å². The molecule has 2 aromatic carbocycles.